The molecule has 0 amide bonds. The number of aromatic nitrogens is 2. The fourth-order valence-electron chi connectivity index (χ4n) is 0.882. The van der Waals surface area contributed by atoms with Gasteiger partial charge in [0.2, 0.25) is 0 Å². The van der Waals surface area contributed by atoms with E-state index in [-0.39, 0.29) is 5.97 Å². The molecule has 0 radical (unpaired) electrons. The first kappa shape index (κ1) is 11.1. The van der Waals surface area contributed by atoms with Crippen LogP contribution in [-0.4, -0.2) is 34.8 Å². The van der Waals surface area contributed by atoms with Crippen molar-refractivity contribution in [2.45, 2.75) is 17.6 Å². The minimum Gasteiger partial charge on any atom is -0.468 e. The van der Waals surface area contributed by atoms with Gasteiger partial charge in [-0.3, -0.25) is 4.79 Å². The first-order valence-electron chi connectivity index (χ1n) is 4.19. The van der Waals surface area contributed by atoms with Crippen LogP contribution in [0.3, 0.4) is 0 Å². The number of H-pyrrole nitrogens is 1. The minimum atomic E-state index is -0.539. The van der Waals surface area contributed by atoms with E-state index in [0.717, 1.165) is 10.9 Å². The SMILES string of the molecule is COC(=O)C(N)CCSc1ncc[nH]1. The summed E-state index contributed by atoms with van der Waals surface area (Å²) >= 11 is 1.53. The Bertz CT molecular complexity index is 276. The first-order valence-corrected chi connectivity index (χ1v) is 5.18. The summed E-state index contributed by atoms with van der Waals surface area (Å²) in [5.74, 6) is 0.370. The summed E-state index contributed by atoms with van der Waals surface area (Å²) in [5.41, 5.74) is 5.55. The number of ether oxygens (including phenoxy) is 1. The fourth-order valence-corrected chi connectivity index (χ4v) is 1.73. The Morgan fingerprint density at radius 3 is 3.21 bits per heavy atom. The number of thioether (sulfide) groups is 1. The van der Waals surface area contributed by atoms with Gasteiger partial charge in [0.05, 0.1) is 7.11 Å². The number of carbonyl (C=O) groups excluding carboxylic acids is 1. The number of methoxy groups -OCH3 is 1. The zero-order chi connectivity index (χ0) is 10.4. The van der Waals surface area contributed by atoms with Crippen molar-refractivity contribution in [2.24, 2.45) is 5.73 Å². The predicted molar refractivity (Wildman–Crippen MR) is 53.9 cm³/mol. The van der Waals surface area contributed by atoms with Crippen LogP contribution in [0.2, 0.25) is 0 Å². The zero-order valence-electron chi connectivity index (χ0n) is 7.90. The van der Waals surface area contributed by atoms with Gasteiger partial charge in [0, 0.05) is 18.1 Å². The summed E-state index contributed by atoms with van der Waals surface area (Å²) in [5, 5.41) is 0.835. The second-order valence-electron chi connectivity index (χ2n) is 2.66. The maximum atomic E-state index is 10.9. The van der Waals surface area contributed by atoms with Crippen LogP contribution in [0.15, 0.2) is 17.6 Å². The highest BCUT2D eigenvalue weighted by atomic mass is 32.2. The van der Waals surface area contributed by atoms with Gasteiger partial charge in [0.25, 0.3) is 0 Å². The highest BCUT2D eigenvalue weighted by Crippen LogP contribution is 2.13. The highest BCUT2D eigenvalue weighted by Gasteiger charge is 2.12. The molecule has 1 heterocycles. The lowest BCUT2D eigenvalue weighted by Gasteiger charge is -2.07. The molecule has 0 fully saturated rings. The second-order valence-corrected chi connectivity index (χ2v) is 3.74. The monoisotopic (exact) mass is 215 g/mol. The number of nitrogens with zero attached hydrogens (tertiary/aromatic N) is 1. The molecule has 14 heavy (non-hydrogen) atoms. The quantitative estimate of drug-likeness (QED) is 0.548. The Hall–Kier alpha value is -1.01. The third-order valence-electron chi connectivity index (χ3n) is 1.64. The van der Waals surface area contributed by atoms with E-state index in [1.165, 1.54) is 18.9 Å². The second kappa shape index (κ2) is 5.66. The summed E-state index contributed by atoms with van der Waals surface area (Å²) in [6.07, 6.45) is 4.02. The molecule has 6 heteroatoms. The Morgan fingerprint density at radius 2 is 2.64 bits per heavy atom. The lowest BCUT2D eigenvalue weighted by Crippen LogP contribution is -2.31. The standard InChI is InChI=1S/C8H13N3O2S/c1-13-7(12)6(9)2-5-14-8-10-3-4-11-8/h3-4,6H,2,5,9H2,1H3,(H,10,11). The molecule has 78 valence electrons. The van der Waals surface area contributed by atoms with Crippen molar-refractivity contribution in [3.05, 3.63) is 12.4 Å². The Balaban J connectivity index is 2.18. The van der Waals surface area contributed by atoms with Crippen molar-refractivity contribution in [2.75, 3.05) is 12.9 Å². The number of rotatable bonds is 5. The van der Waals surface area contributed by atoms with Crippen LogP contribution in [0.25, 0.3) is 0 Å². The minimum absolute atomic E-state index is 0.370. The van der Waals surface area contributed by atoms with Crippen LogP contribution < -0.4 is 5.73 Å². The molecule has 0 aliphatic heterocycles. The summed E-state index contributed by atoms with van der Waals surface area (Å²) in [7, 11) is 1.34. The van der Waals surface area contributed by atoms with Crippen molar-refractivity contribution in [1.29, 1.82) is 0 Å². The van der Waals surface area contributed by atoms with Gasteiger partial charge in [-0.25, -0.2) is 4.98 Å². The van der Waals surface area contributed by atoms with Crippen molar-refractivity contribution < 1.29 is 9.53 Å². The van der Waals surface area contributed by atoms with Crippen LogP contribution in [-0.2, 0) is 9.53 Å². The largest absolute Gasteiger partial charge is 0.468 e. The molecule has 0 spiro atoms. The first-order chi connectivity index (χ1) is 6.74. The highest BCUT2D eigenvalue weighted by molar-refractivity contribution is 7.99. The van der Waals surface area contributed by atoms with Gasteiger partial charge in [-0.05, 0) is 6.42 Å². The number of carbonyl (C=O) groups is 1. The van der Waals surface area contributed by atoms with Crippen LogP contribution in [0, 0.1) is 0 Å². The van der Waals surface area contributed by atoms with Gasteiger partial charge in [0.15, 0.2) is 5.16 Å². The van der Waals surface area contributed by atoms with Gasteiger partial charge < -0.3 is 15.5 Å². The van der Waals surface area contributed by atoms with Gasteiger partial charge in [0.1, 0.15) is 6.04 Å². The molecule has 1 atom stereocenters. The van der Waals surface area contributed by atoms with Crippen molar-refractivity contribution >= 4 is 17.7 Å². The Kier molecular flexibility index (Phi) is 4.48. The molecule has 1 unspecified atom stereocenters. The van der Waals surface area contributed by atoms with E-state index in [4.69, 9.17) is 5.73 Å². The topological polar surface area (TPSA) is 81.0 Å². The van der Waals surface area contributed by atoms with E-state index < -0.39 is 6.04 Å². The molecule has 1 rings (SSSR count). The normalized spacial score (nSPS) is 12.4. The number of nitrogens with two attached hydrogens (primary N) is 1. The molecule has 1 aromatic heterocycles. The van der Waals surface area contributed by atoms with Crippen molar-refractivity contribution in [1.82, 2.24) is 9.97 Å². The molecule has 0 bridgehead atoms. The molecular weight excluding hydrogens is 202 g/mol. The third kappa shape index (κ3) is 3.39. The van der Waals surface area contributed by atoms with Gasteiger partial charge in [-0.15, -0.1) is 0 Å². The number of hydrogen-bond donors (Lipinski definition) is 2. The molecule has 0 saturated carbocycles. The average molecular weight is 215 g/mol. The van der Waals surface area contributed by atoms with E-state index in [2.05, 4.69) is 14.7 Å². The van der Waals surface area contributed by atoms with E-state index in [0.29, 0.717) is 6.42 Å². The smallest absolute Gasteiger partial charge is 0.322 e. The van der Waals surface area contributed by atoms with E-state index in [1.807, 2.05) is 0 Å². The van der Waals surface area contributed by atoms with E-state index in [9.17, 15) is 4.79 Å². The van der Waals surface area contributed by atoms with Crippen LogP contribution >= 0.6 is 11.8 Å². The molecule has 0 saturated heterocycles. The maximum Gasteiger partial charge on any atom is 0.322 e. The Labute approximate surface area is 86.4 Å². The molecule has 0 aliphatic carbocycles. The third-order valence-corrected chi connectivity index (χ3v) is 2.58. The summed E-state index contributed by atoms with van der Waals surface area (Å²) in [6, 6.07) is -0.539. The van der Waals surface area contributed by atoms with Crippen LogP contribution in [0.1, 0.15) is 6.42 Å². The average Bonchev–Trinajstić information content (AvgIpc) is 2.69. The summed E-state index contributed by atoms with van der Waals surface area (Å²) < 4.78 is 4.50. The van der Waals surface area contributed by atoms with Crippen LogP contribution in [0.5, 0.6) is 0 Å². The van der Waals surface area contributed by atoms with Crippen LogP contribution in [0.4, 0.5) is 0 Å². The molecule has 3 N–H and O–H groups in total. The number of nitrogens with one attached hydrogen (secondary N) is 1. The molecule has 5 nitrogen and oxygen atoms in total. The van der Waals surface area contributed by atoms with E-state index in [1.54, 1.807) is 12.4 Å². The molecular formula is C8H13N3O2S. The molecule has 0 aliphatic rings. The van der Waals surface area contributed by atoms with Crippen molar-refractivity contribution in [3.8, 4) is 0 Å². The van der Waals surface area contributed by atoms with Gasteiger partial charge in [-0.2, -0.15) is 0 Å². The lowest BCUT2D eigenvalue weighted by molar-refractivity contribution is -0.142. The number of hydrogen-bond acceptors (Lipinski definition) is 5. The van der Waals surface area contributed by atoms with Crippen molar-refractivity contribution in [3.63, 3.8) is 0 Å². The number of aromatic amines is 1. The maximum absolute atomic E-state index is 10.9. The Morgan fingerprint density at radius 1 is 1.86 bits per heavy atom. The number of imidazole rings is 1. The van der Waals surface area contributed by atoms with E-state index >= 15 is 0 Å². The lowest BCUT2D eigenvalue weighted by atomic mass is 10.2. The van der Waals surface area contributed by atoms with Gasteiger partial charge >= 0.3 is 5.97 Å². The fraction of sp³-hybridized carbons (Fsp3) is 0.500. The molecule has 0 aromatic carbocycles. The van der Waals surface area contributed by atoms with Gasteiger partial charge in [-0.1, -0.05) is 11.8 Å². The molecule has 1 aromatic rings. The summed E-state index contributed by atoms with van der Waals surface area (Å²) in [6.45, 7) is 0. The number of esters is 1. The predicted octanol–water partition coefficient (Wildman–Crippen LogP) is 0.392. The zero-order valence-corrected chi connectivity index (χ0v) is 8.71. The summed E-state index contributed by atoms with van der Waals surface area (Å²) in [4.78, 5) is 17.9.